The van der Waals surface area contributed by atoms with Gasteiger partial charge in [-0.05, 0) is 64.4 Å². The van der Waals surface area contributed by atoms with Gasteiger partial charge in [0, 0.05) is 5.56 Å². The lowest BCUT2D eigenvalue weighted by Crippen LogP contribution is -2.05. The Morgan fingerprint density at radius 2 is 1.68 bits per heavy atom. The highest BCUT2D eigenvalue weighted by atomic mass is 19.1. The number of hydrogen-bond acceptors (Lipinski definition) is 1. The summed E-state index contributed by atoms with van der Waals surface area (Å²) < 4.78 is 20.8. The molecule has 0 heterocycles. The van der Waals surface area contributed by atoms with Crippen LogP contribution in [0.4, 0.5) is 4.39 Å². The summed E-state index contributed by atoms with van der Waals surface area (Å²) >= 11 is 0. The van der Waals surface area contributed by atoms with Crippen molar-refractivity contribution in [3.05, 3.63) is 115 Å². The van der Waals surface area contributed by atoms with Crippen molar-refractivity contribution >= 4 is 10.8 Å². The number of fused-ring (bicyclic) bond motifs is 1. The fourth-order valence-electron chi connectivity index (χ4n) is 4.58. The number of halogens is 1. The van der Waals surface area contributed by atoms with Crippen LogP contribution in [0.15, 0.2) is 97.6 Å². The van der Waals surface area contributed by atoms with Crippen LogP contribution < -0.4 is 4.74 Å². The van der Waals surface area contributed by atoms with Gasteiger partial charge in [0.15, 0.2) is 0 Å². The molecule has 0 fully saturated rings. The van der Waals surface area contributed by atoms with Gasteiger partial charge in [0.05, 0.1) is 0 Å². The van der Waals surface area contributed by atoms with E-state index in [1.165, 1.54) is 29.2 Å². The zero-order valence-electron chi connectivity index (χ0n) is 20.0. The quantitative estimate of drug-likeness (QED) is 0.163. The summed E-state index contributed by atoms with van der Waals surface area (Å²) in [5.41, 5.74) is 3.86. The molecule has 0 bridgehead atoms. The third-order valence-electron chi connectivity index (χ3n) is 6.45. The minimum absolute atomic E-state index is 0.170. The van der Waals surface area contributed by atoms with Crippen molar-refractivity contribution in [3.8, 4) is 16.9 Å². The van der Waals surface area contributed by atoms with Gasteiger partial charge in [-0.3, -0.25) is 0 Å². The summed E-state index contributed by atoms with van der Waals surface area (Å²) in [5.74, 6) is 0.884. The maximum absolute atomic E-state index is 15.3. The molecule has 0 saturated heterocycles. The molecule has 1 nitrogen and oxygen atoms in total. The number of hydrogen-bond donors (Lipinski definition) is 0. The van der Waals surface area contributed by atoms with Crippen LogP contribution in [-0.2, 0) is 6.42 Å². The van der Waals surface area contributed by atoms with Gasteiger partial charge in [-0.25, -0.2) is 4.39 Å². The summed E-state index contributed by atoms with van der Waals surface area (Å²) in [7, 11) is 0. The summed E-state index contributed by atoms with van der Waals surface area (Å²) in [5, 5.41) is 2.51. The molecule has 174 valence electrons. The molecule has 2 heteroatoms. The number of unbranched alkanes of at least 4 members (excludes halogenated alkanes) is 2. The maximum atomic E-state index is 15.3. The van der Waals surface area contributed by atoms with Crippen molar-refractivity contribution in [3.63, 3.8) is 0 Å². The molecule has 0 aliphatic heterocycles. The highest BCUT2D eigenvalue weighted by Crippen LogP contribution is 2.32. The summed E-state index contributed by atoms with van der Waals surface area (Å²) in [4.78, 5) is 0. The Kier molecular flexibility index (Phi) is 8.14. The molecule has 0 N–H and O–H groups in total. The van der Waals surface area contributed by atoms with Crippen LogP contribution in [0.5, 0.6) is 5.75 Å². The van der Waals surface area contributed by atoms with Crippen LogP contribution in [0.2, 0.25) is 0 Å². The van der Waals surface area contributed by atoms with Crippen molar-refractivity contribution in [2.45, 2.75) is 44.9 Å². The Labute approximate surface area is 202 Å². The highest BCUT2D eigenvalue weighted by molar-refractivity contribution is 5.83. The van der Waals surface area contributed by atoms with Crippen LogP contribution in [-0.4, -0.2) is 6.61 Å². The normalized spacial score (nSPS) is 11.9. The molecule has 0 saturated carbocycles. The first-order valence-corrected chi connectivity index (χ1v) is 12.3. The first-order chi connectivity index (χ1) is 16.7. The average molecular weight is 453 g/mol. The Morgan fingerprint density at radius 1 is 0.882 bits per heavy atom. The Hall–Kier alpha value is -3.39. The van der Waals surface area contributed by atoms with Gasteiger partial charge in [-0.15, -0.1) is 0 Å². The van der Waals surface area contributed by atoms with E-state index in [4.69, 9.17) is 4.74 Å². The minimum atomic E-state index is -0.170. The van der Waals surface area contributed by atoms with Crippen molar-refractivity contribution in [1.82, 2.24) is 0 Å². The minimum Gasteiger partial charge on any atom is -0.490 e. The monoisotopic (exact) mass is 452 g/mol. The lowest BCUT2D eigenvalue weighted by molar-refractivity contribution is 0.363. The zero-order valence-corrected chi connectivity index (χ0v) is 20.0. The summed E-state index contributed by atoms with van der Waals surface area (Å²) in [6, 6.07) is 28.5. The Morgan fingerprint density at radius 3 is 2.41 bits per heavy atom. The Bertz CT molecular complexity index is 1230. The maximum Gasteiger partial charge on any atom is 0.131 e. The van der Waals surface area contributed by atoms with E-state index >= 15 is 4.39 Å². The van der Waals surface area contributed by atoms with Gasteiger partial charge >= 0.3 is 0 Å². The van der Waals surface area contributed by atoms with Gasteiger partial charge in [0.2, 0.25) is 0 Å². The molecule has 0 spiro atoms. The summed E-state index contributed by atoms with van der Waals surface area (Å²) in [6.45, 7) is 6.34. The predicted molar refractivity (Wildman–Crippen MR) is 142 cm³/mol. The second-order valence-corrected chi connectivity index (χ2v) is 8.94. The zero-order chi connectivity index (χ0) is 23.8. The van der Waals surface area contributed by atoms with E-state index in [9.17, 15) is 0 Å². The molecule has 0 aliphatic rings. The van der Waals surface area contributed by atoms with E-state index < -0.39 is 0 Å². The fraction of sp³-hybridized carbons (Fsp3) is 0.250. The largest absolute Gasteiger partial charge is 0.490 e. The molecule has 4 aromatic rings. The molecular formula is C32H33FO. The third-order valence-corrected chi connectivity index (χ3v) is 6.45. The van der Waals surface area contributed by atoms with Crippen molar-refractivity contribution < 1.29 is 9.13 Å². The van der Waals surface area contributed by atoms with Crippen molar-refractivity contribution in [1.29, 1.82) is 0 Å². The predicted octanol–water partition coefficient (Wildman–Crippen LogP) is 9.12. The smallest absolute Gasteiger partial charge is 0.131 e. The second kappa shape index (κ2) is 11.7. The first-order valence-electron chi connectivity index (χ1n) is 12.3. The number of benzene rings is 4. The van der Waals surface area contributed by atoms with Gasteiger partial charge in [-0.1, -0.05) is 106 Å². The molecule has 0 radical (unpaired) electrons. The van der Waals surface area contributed by atoms with E-state index in [2.05, 4.69) is 62.0 Å². The van der Waals surface area contributed by atoms with E-state index in [0.717, 1.165) is 36.1 Å². The van der Waals surface area contributed by atoms with E-state index in [1.54, 1.807) is 12.1 Å². The van der Waals surface area contributed by atoms with E-state index in [1.807, 2.05) is 30.3 Å². The molecule has 1 unspecified atom stereocenters. The number of rotatable bonds is 11. The molecule has 0 amide bonds. The lowest BCUT2D eigenvalue weighted by atomic mass is 9.86. The van der Waals surface area contributed by atoms with E-state index in [-0.39, 0.29) is 5.82 Å². The van der Waals surface area contributed by atoms with Crippen molar-refractivity contribution in [2.24, 2.45) is 0 Å². The molecule has 0 aromatic heterocycles. The fourth-order valence-corrected chi connectivity index (χ4v) is 4.58. The van der Waals surface area contributed by atoms with E-state index in [0.29, 0.717) is 18.1 Å². The Balaban J connectivity index is 1.56. The van der Waals surface area contributed by atoms with Crippen LogP contribution in [0.3, 0.4) is 0 Å². The lowest BCUT2D eigenvalue weighted by Gasteiger charge is -2.19. The van der Waals surface area contributed by atoms with Crippen molar-refractivity contribution in [2.75, 3.05) is 6.61 Å². The number of ether oxygens (including phenoxy) is 1. The molecule has 0 aliphatic carbocycles. The first kappa shape index (κ1) is 23.8. The van der Waals surface area contributed by atoms with Gasteiger partial charge in [-0.2, -0.15) is 0 Å². The second-order valence-electron chi connectivity index (χ2n) is 8.94. The topological polar surface area (TPSA) is 9.23 Å². The highest BCUT2D eigenvalue weighted by Gasteiger charge is 2.16. The average Bonchev–Trinajstić information content (AvgIpc) is 2.87. The molecule has 1 atom stereocenters. The molecule has 4 aromatic carbocycles. The van der Waals surface area contributed by atoms with Gasteiger partial charge < -0.3 is 4.74 Å². The van der Waals surface area contributed by atoms with Gasteiger partial charge in [0.1, 0.15) is 18.2 Å². The van der Waals surface area contributed by atoms with Crippen LogP contribution in [0, 0.1) is 5.82 Å². The van der Waals surface area contributed by atoms with Gasteiger partial charge in [0.25, 0.3) is 0 Å². The van der Waals surface area contributed by atoms with Crippen LogP contribution >= 0.6 is 0 Å². The SMILES string of the molecule is C=CCOc1ccc(-c2ccc(C(CCCCC)Cc3ccc4ccccc4c3)cc2F)cc1. The van der Waals surface area contributed by atoms with Crippen LogP contribution in [0.1, 0.15) is 49.7 Å². The molecule has 4 rings (SSSR count). The third kappa shape index (κ3) is 5.94. The van der Waals surface area contributed by atoms with Crippen LogP contribution in [0.25, 0.3) is 21.9 Å². The standard InChI is InChI=1S/C32H33FO/c1-3-5-6-10-28(22-24-12-13-25-9-7-8-11-27(25)21-24)29-16-19-31(32(33)23-29)26-14-17-30(18-15-26)34-20-4-2/h4,7-9,11-19,21,23,28H,2-3,5-6,10,20,22H2,1H3. The molecule has 34 heavy (non-hydrogen) atoms. The summed E-state index contributed by atoms with van der Waals surface area (Å²) in [6.07, 6.45) is 7.24. The molecular weight excluding hydrogens is 419 g/mol.